The first-order valence-corrected chi connectivity index (χ1v) is 8.99. The molecule has 2 rings (SSSR count). The smallest absolute Gasteiger partial charge is 0.215 e. The molecule has 0 fully saturated rings. The van der Waals surface area contributed by atoms with Gasteiger partial charge in [-0.1, -0.05) is 42.5 Å². The fraction of sp³-hybridized carbons (Fsp3) is 0.294. The second-order valence-corrected chi connectivity index (χ2v) is 7.40. The Bertz CT molecular complexity index is 713. The van der Waals surface area contributed by atoms with Gasteiger partial charge in [-0.25, -0.2) is 13.1 Å². The van der Waals surface area contributed by atoms with Crippen LogP contribution >= 0.6 is 0 Å². The topological polar surface area (TPSA) is 69.6 Å². The zero-order chi connectivity index (χ0) is 16.9. The summed E-state index contributed by atoms with van der Waals surface area (Å²) in [7, 11) is 0.390. The Morgan fingerprint density at radius 1 is 1.04 bits per heavy atom. The van der Waals surface area contributed by atoms with Gasteiger partial charge in [0.05, 0.1) is 11.9 Å². The van der Waals surface area contributed by atoms with Crippen LogP contribution in [-0.2, 0) is 15.8 Å². The summed E-state index contributed by atoms with van der Waals surface area (Å²) >= 11 is 0. The molecule has 5 nitrogen and oxygen atoms in total. The molecule has 0 aliphatic rings. The lowest BCUT2D eigenvalue weighted by atomic mass is 10.1. The van der Waals surface area contributed by atoms with Crippen LogP contribution in [0.2, 0.25) is 0 Å². The van der Waals surface area contributed by atoms with E-state index in [9.17, 15) is 13.5 Å². The zero-order valence-corrected chi connectivity index (χ0v) is 14.1. The molecule has 1 atom stereocenters. The molecule has 0 spiro atoms. The van der Waals surface area contributed by atoms with Crippen molar-refractivity contribution in [3.8, 4) is 0 Å². The standard InChI is InChI=1S/C17H22N2O3S/c1-19(2)16-10-8-15(9-11-16)17(20)12-18-23(21,22)13-14-6-4-3-5-7-14/h3-11,17-18,20H,12-13H2,1-2H3. The first kappa shape index (κ1) is 17.5. The van der Waals surface area contributed by atoms with Gasteiger partial charge in [-0.3, -0.25) is 0 Å². The quantitative estimate of drug-likeness (QED) is 0.811. The van der Waals surface area contributed by atoms with Crippen LogP contribution < -0.4 is 9.62 Å². The van der Waals surface area contributed by atoms with Crippen molar-refractivity contribution in [1.82, 2.24) is 4.72 Å². The number of hydrogen-bond acceptors (Lipinski definition) is 4. The highest BCUT2D eigenvalue weighted by Crippen LogP contribution is 2.17. The van der Waals surface area contributed by atoms with Gasteiger partial charge in [0.1, 0.15) is 0 Å². The van der Waals surface area contributed by atoms with E-state index in [1.54, 1.807) is 36.4 Å². The van der Waals surface area contributed by atoms with Gasteiger partial charge in [0.25, 0.3) is 0 Å². The summed E-state index contributed by atoms with van der Waals surface area (Å²) in [5.74, 6) is -0.0971. The summed E-state index contributed by atoms with van der Waals surface area (Å²) in [5.41, 5.74) is 2.41. The van der Waals surface area contributed by atoms with Gasteiger partial charge in [0, 0.05) is 26.3 Å². The average molecular weight is 334 g/mol. The Hall–Kier alpha value is -1.89. The Balaban J connectivity index is 1.93. The Morgan fingerprint density at radius 2 is 1.65 bits per heavy atom. The molecule has 2 aromatic carbocycles. The molecule has 0 aromatic heterocycles. The van der Waals surface area contributed by atoms with E-state index in [2.05, 4.69) is 4.72 Å². The fourth-order valence-electron chi connectivity index (χ4n) is 2.16. The van der Waals surface area contributed by atoms with Crippen molar-refractivity contribution < 1.29 is 13.5 Å². The number of aliphatic hydroxyl groups excluding tert-OH is 1. The van der Waals surface area contributed by atoms with Gasteiger partial charge < -0.3 is 10.0 Å². The molecule has 2 aromatic rings. The van der Waals surface area contributed by atoms with Crippen molar-refractivity contribution in [3.63, 3.8) is 0 Å². The minimum atomic E-state index is -3.48. The van der Waals surface area contributed by atoms with Gasteiger partial charge >= 0.3 is 0 Å². The van der Waals surface area contributed by atoms with E-state index in [4.69, 9.17) is 0 Å². The van der Waals surface area contributed by atoms with E-state index < -0.39 is 16.1 Å². The van der Waals surface area contributed by atoms with Gasteiger partial charge in [0.15, 0.2) is 0 Å². The normalized spacial score (nSPS) is 12.8. The zero-order valence-electron chi connectivity index (χ0n) is 13.3. The summed E-state index contributed by atoms with van der Waals surface area (Å²) in [6.07, 6.45) is -0.878. The lowest BCUT2D eigenvalue weighted by Gasteiger charge is -2.16. The average Bonchev–Trinajstić information content (AvgIpc) is 2.53. The molecule has 0 amide bonds. The Morgan fingerprint density at radius 3 is 2.22 bits per heavy atom. The van der Waals surface area contributed by atoms with Gasteiger partial charge in [-0.2, -0.15) is 0 Å². The van der Waals surface area contributed by atoms with E-state index >= 15 is 0 Å². The fourth-order valence-corrected chi connectivity index (χ4v) is 3.31. The largest absolute Gasteiger partial charge is 0.387 e. The number of anilines is 1. The minimum Gasteiger partial charge on any atom is -0.387 e. The molecule has 0 saturated carbocycles. The van der Waals surface area contributed by atoms with Crippen molar-refractivity contribution in [2.45, 2.75) is 11.9 Å². The first-order chi connectivity index (χ1) is 10.9. The molecule has 0 heterocycles. The number of sulfonamides is 1. The van der Waals surface area contributed by atoms with Gasteiger partial charge in [-0.05, 0) is 23.3 Å². The summed E-state index contributed by atoms with van der Waals surface area (Å²) in [4.78, 5) is 1.96. The highest BCUT2D eigenvalue weighted by molar-refractivity contribution is 7.88. The molecule has 0 radical (unpaired) electrons. The molecule has 6 heteroatoms. The second-order valence-electron chi connectivity index (χ2n) is 5.59. The number of rotatable bonds is 7. The maximum atomic E-state index is 12.1. The second kappa shape index (κ2) is 7.59. The maximum Gasteiger partial charge on any atom is 0.215 e. The van der Waals surface area contributed by atoms with Crippen molar-refractivity contribution in [2.75, 3.05) is 25.5 Å². The van der Waals surface area contributed by atoms with Gasteiger partial charge in [-0.15, -0.1) is 0 Å². The van der Waals surface area contributed by atoms with E-state index in [0.717, 1.165) is 5.69 Å². The van der Waals surface area contributed by atoms with Crippen LogP contribution in [0.4, 0.5) is 5.69 Å². The van der Waals surface area contributed by atoms with Crippen LogP contribution in [0.1, 0.15) is 17.2 Å². The predicted molar refractivity (Wildman–Crippen MR) is 92.8 cm³/mol. The van der Waals surface area contributed by atoms with E-state index in [1.807, 2.05) is 37.2 Å². The van der Waals surface area contributed by atoms with Crippen molar-refractivity contribution in [3.05, 3.63) is 65.7 Å². The third-order valence-electron chi connectivity index (χ3n) is 3.49. The van der Waals surface area contributed by atoms with E-state index in [-0.39, 0.29) is 12.3 Å². The molecule has 0 bridgehead atoms. The van der Waals surface area contributed by atoms with Gasteiger partial charge in [0.2, 0.25) is 10.0 Å². The van der Waals surface area contributed by atoms with E-state index in [0.29, 0.717) is 11.1 Å². The van der Waals surface area contributed by atoms with Crippen LogP contribution in [0.15, 0.2) is 54.6 Å². The third kappa shape index (κ3) is 5.35. The SMILES string of the molecule is CN(C)c1ccc(C(O)CNS(=O)(=O)Cc2ccccc2)cc1. The number of aliphatic hydroxyl groups is 1. The maximum absolute atomic E-state index is 12.1. The lowest BCUT2D eigenvalue weighted by molar-refractivity contribution is 0.182. The number of benzene rings is 2. The van der Waals surface area contributed by atoms with Crippen molar-refractivity contribution in [1.29, 1.82) is 0 Å². The highest BCUT2D eigenvalue weighted by atomic mass is 32.2. The Kier molecular flexibility index (Phi) is 5.76. The van der Waals surface area contributed by atoms with Crippen molar-refractivity contribution >= 4 is 15.7 Å². The molecule has 1 unspecified atom stereocenters. The highest BCUT2D eigenvalue weighted by Gasteiger charge is 2.15. The number of nitrogens with zero attached hydrogens (tertiary/aromatic N) is 1. The lowest BCUT2D eigenvalue weighted by Crippen LogP contribution is -2.29. The van der Waals surface area contributed by atoms with Crippen LogP contribution in [-0.4, -0.2) is 34.2 Å². The summed E-state index contributed by atoms with van der Waals surface area (Å²) in [6.45, 7) is -0.0452. The molecule has 124 valence electrons. The van der Waals surface area contributed by atoms with Crippen LogP contribution in [0.5, 0.6) is 0 Å². The van der Waals surface area contributed by atoms with E-state index in [1.165, 1.54) is 0 Å². The molecular formula is C17H22N2O3S. The monoisotopic (exact) mass is 334 g/mol. The third-order valence-corrected chi connectivity index (χ3v) is 4.81. The van der Waals surface area contributed by atoms with Crippen LogP contribution in [0.3, 0.4) is 0 Å². The Labute approximate surface area is 137 Å². The molecule has 23 heavy (non-hydrogen) atoms. The van der Waals surface area contributed by atoms with Crippen LogP contribution in [0, 0.1) is 0 Å². The molecule has 2 N–H and O–H groups in total. The van der Waals surface area contributed by atoms with Crippen molar-refractivity contribution in [2.24, 2.45) is 0 Å². The molecule has 0 aliphatic carbocycles. The number of nitrogens with one attached hydrogen (secondary N) is 1. The molecular weight excluding hydrogens is 312 g/mol. The summed E-state index contributed by atoms with van der Waals surface area (Å²) in [6, 6.07) is 16.3. The molecule has 0 saturated heterocycles. The first-order valence-electron chi connectivity index (χ1n) is 7.34. The van der Waals surface area contributed by atoms with Crippen LogP contribution in [0.25, 0.3) is 0 Å². The summed E-state index contributed by atoms with van der Waals surface area (Å²) < 4.78 is 26.6. The predicted octanol–water partition coefficient (Wildman–Crippen LogP) is 1.91. The summed E-state index contributed by atoms with van der Waals surface area (Å²) in [5, 5.41) is 10.1. The number of hydrogen-bond donors (Lipinski definition) is 2. The minimum absolute atomic E-state index is 0.0452. The molecule has 0 aliphatic heterocycles.